The molecule has 0 aromatic heterocycles. The molecule has 0 aliphatic heterocycles. The van der Waals surface area contributed by atoms with Crippen molar-refractivity contribution in [3.63, 3.8) is 0 Å². The summed E-state index contributed by atoms with van der Waals surface area (Å²) in [5, 5.41) is 10.0. The van der Waals surface area contributed by atoms with Gasteiger partial charge in [-0.1, -0.05) is 59.0 Å². The van der Waals surface area contributed by atoms with Gasteiger partial charge in [0.1, 0.15) is 0 Å². The minimum absolute atomic E-state index is 0. The number of alkyl halides is 1. The summed E-state index contributed by atoms with van der Waals surface area (Å²) in [4.78, 5) is 34.3. The van der Waals surface area contributed by atoms with Gasteiger partial charge in [-0.2, -0.15) is 9.59 Å². The number of aliphatic hydroxyl groups is 1. The molecule has 7 nitrogen and oxygen atoms in total. The molecule has 2 aromatic carbocycles. The van der Waals surface area contributed by atoms with Crippen LogP contribution in [0.1, 0.15) is 1.43 Å². The maximum absolute atomic E-state index is 8.12. The molecule has 0 fully saturated rings. The molecule has 0 spiro atoms. The van der Waals surface area contributed by atoms with Gasteiger partial charge in [0, 0.05) is 49.6 Å². The van der Waals surface area contributed by atoms with E-state index in [-0.39, 0.29) is 67.8 Å². The summed E-state index contributed by atoms with van der Waals surface area (Å²) in [7, 11) is 6.99. The summed E-state index contributed by atoms with van der Waals surface area (Å²) in [6.45, 7) is 0. The molecule has 0 saturated carbocycles. The molecule has 0 aliphatic carbocycles. The van der Waals surface area contributed by atoms with Gasteiger partial charge in [-0.05, 0) is 29.2 Å². The first-order valence-electron chi connectivity index (χ1n) is 7.09. The van der Waals surface area contributed by atoms with E-state index in [4.69, 9.17) is 24.6 Å². The Hall–Kier alpha value is -0.430. The first-order valence-corrected chi connectivity index (χ1v) is 9.25. The van der Waals surface area contributed by atoms with Crippen LogP contribution >= 0.6 is 46.6 Å². The maximum atomic E-state index is 8.12. The third kappa shape index (κ3) is 38.7. The smallest absolute Gasteiger partial charge is 1.00 e. The van der Waals surface area contributed by atoms with E-state index in [1.807, 2.05) is 74.6 Å². The van der Waals surface area contributed by atoms with Crippen LogP contribution in [0.5, 0.6) is 0 Å². The molecule has 0 saturated heterocycles. The average Bonchev–Trinajstić information content (AvgIpc) is 2.75. The fraction of sp³-hybridized carbons (Fsp3) is 0.278. The van der Waals surface area contributed by atoms with E-state index >= 15 is 0 Å². The Morgan fingerprint density at radius 2 is 1.17 bits per heavy atom. The minimum atomic E-state index is 0. The van der Waals surface area contributed by atoms with Gasteiger partial charge in [0.15, 0.2) is 17.4 Å². The summed E-state index contributed by atoms with van der Waals surface area (Å²) >= 11 is 2.15. The quantitative estimate of drug-likeness (QED) is 0.275. The fourth-order valence-electron chi connectivity index (χ4n) is 1.33. The number of aliphatic hydroxyl groups excluding tert-OH is 1. The van der Waals surface area contributed by atoms with Crippen molar-refractivity contribution in [1.29, 1.82) is 0 Å². The SMILES string of the molecule is CN([11CH3])c1ccccc1.CNc1ccccc1.I.O=O.O=[11C]=O.[11CH3]I.[11CH3]O.[AlH3].[H-].[Li+]. The molecule has 2 rings (SSSR count). The standard InChI is InChI=1S/C8H11N.C7H9N.CH3I.CO2.CH4O.Al.HI.Li.O2.4H/c1-9(2)8-6-4-3-5-7-8;1-8-7-5-3-2-4-6-7;1-2;2-1-3;1-2;;;;1-2;;;;/h3-7H,1-2H3;2-6,8H,1H3;1H3;;2H,1H3;;1H;;;;;;/q;;;;;;;+1;;;;;-1/i1-1;;3*1-1;;;;;;;;. The van der Waals surface area contributed by atoms with Gasteiger partial charge in [0.25, 0.3) is 0 Å². The van der Waals surface area contributed by atoms with Crippen LogP contribution < -0.4 is 29.1 Å². The molecular formula is C18H32AlI2LiN2O5. The fourth-order valence-corrected chi connectivity index (χ4v) is 1.33. The molecule has 29 heavy (non-hydrogen) atoms. The zero-order valence-electron chi connectivity index (χ0n) is 18.1. The van der Waals surface area contributed by atoms with E-state index in [1.165, 1.54) is 5.69 Å². The summed E-state index contributed by atoms with van der Waals surface area (Å²) in [5.74, 6) is 0. The second kappa shape index (κ2) is 46.0. The normalized spacial score (nSPS) is 6.03. The van der Waals surface area contributed by atoms with Crippen molar-refractivity contribution < 1.29 is 35.0 Å². The number of carbonyl (C=O) groups excluding carboxylic acids is 2. The maximum Gasteiger partial charge on any atom is 1.00 e. The van der Waals surface area contributed by atoms with Crippen molar-refractivity contribution in [3.8, 4) is 0 Å². The van der Waals surface area contributed by atoms with Crippen molar-refractivity contribution in [2.75, 3.05) is 43.4 Å². The van der Waals surface area contributed by atoms with Crippen molar-refractivity contribution >= 4 is 81.5 Å². The number of nitrogens with zero attached hydrogens (tertiary/aromatic N) is 1. The molecule has 2 aromatic rings. The van der Waals surface area contributed by atoms with E-state index in [0.29, 0.717) is 0 Å². The van der Waals surface area contributed by atoms with Crippen LogP contribution in [-0.4, -0.2) is 61.8 Å². The molecular weight excluding hydrogens is 608 g/mol. The van der Waals surface area contributed by atoms with Crippen molar-refractivity contribution in [3.05, 3.63) is 70.6 Å². The Bertz CT molecular complexity index is 530. The third-order valence-corrected chi connectivity index (χ3v) is 2.34. The molecule has 0 atom stereocenters. The van der Waals surface area contributed by atoms with Gasteiger partial charge < -0.3 is 16.7 Å². The molecule has 162 valence electrons. The van der Waals surface area contributed by atoms with E-state index in [9.17, 15) is 0 Å². The number of hydrogen-bond donors (Lipinski definition) is 2. The van der Waals surface area contributed by atoms with Crippen molar-refractivity contribution in [1.82, 2.24) is 0 Å². The Balaban J connectivity index is -0.0000000357. The van der Waals surface area contributed by atoms with Gasteiger partial charge in [0.05, 0.1) is 0 Å². The van der Waals surface area contributed by atoms with Crippen LogP contribution in [0, 0.1) is 9.93 Å². The second-order valence-electron chi connectivity index (χ2n) is 3.93. The van der Waals surface area contributed by atoms with Crippen molar-refractivity contribution in [2.45, 2.75) is 0 Å². The topological polar surface area (TPSA) is 104 Å². The van der Waals surface area contributed by atoms with Gasteiger partial charge in [0.2, 0.25) is 0 Å². The van der Waals surface area contributed by atoms with Crippen molar-refractivity contribution in [2.24, 2.45) is 0 Å². The van der Waals surface area contributed by atoms with Crippen LogP contribution in [0.3, 0.4) is 0 Å². The second-order valence-corrected chi connectivity index (χ2v) is 3.93. The predicted octanol–water partition coefficient (Wildman–Crippen LogP) is 0.175. The minimum Gasteiger partial charge on any atom is -1.00 e. The van der Waals surface area contributed by atoms with E-state index < -0.39 is 0 Å². The largest absolute Gasteiger partial charge is 1.00 e. The molecule has 0 amide bonds. The Kier molecular flexibility index (Phi) is 74.0. The van der Waals surface area contributed by atoms with Crippen LogP contribution in [0.15, 0.2) is 60.7 Å². The number of hydrogen-bond acceptors (Lipinski definition) is 7. The van der Waals surface area contributed by atoms with E-state index in [2.05, 4.69) is 44.9 Å². The number of rotatable bonds is 2. The number of anilines is 2. The monoisotopic (exact) mass is 640 g/mol. The molecule has 0 heterocycles. The Morgan fingerprint density at radius 3 is 1.34 bits per heavy atom. The van der Waals surface area contributed by atoms with Crippen LogP contribution in [0.4, 0.5) is 11.4 Å². The molecule has 0 unspecified atom stereocenters. The number of nitrogens with one attached hydrogen (secondary N) is 1. The molecule has 0 radical (unpaired) electrons. The Morgan fingerprint density at radius 1 is 0.897 bits per heavy atom. The Labute approximate surface area is 228 Å². The van der Waals surface area contributed by atoms with Gasteiger partial charge >= 0.3 is 25.0 Å². The third-order valence-electron chi connectivity index (χ3n) is 2.34. The van der Waals surface area contributed by atoms with Crippen LogP contribution in [0.25, 0.3) is 0 Å². The average molecular weight is 640 g/mol. The van der Waals surface area contributed by atoms with Gasteiger partial charge in [-0.3, -0.25) is 0 Å². The molecule has 2 N–H and O–H groups in total. The summed E-state index contributed by atoms with van der Waals surface area (Å²) < 4.78 is 0. The van der Waals surface area contributed by atoms with Crippen LogP contribution in [0.2, 0.25) is 0 Å². The molecule has 0 bridgehead atoms. The zero-order chi connectivity index (χ0) is 21.2. The molecule has 0 aliphatic rings. The van der Waals surface area contributed by atoms with Gasteiger partial charge in [-0.15, -0.1) is 24.0 Å². The summed E-state index contributed by atoms with van der Waals surface area (Å²) in [6, 6.07) is 20.3. The molecule has 11 heteroatoms. The first-order chi connectivity index (χ1) is 12.7. The number of para-hydroxylation sites is 2. The van der Waals surface area contributed by atoms with E-state index in [1.54, 1.807) is 0 Å². The zero-order valence-corrected chi connectivity index (χ0v) is 21.6. The van der Waals surface area contributed by atoms with Crippen LogP contribution in [-0.2, 0) is 9.59 Å². The van der Waals surface area contributed by atoms with Gasteiger partial charge in [-0.25, -0.2) is 0 Å². The predicted molar refractivity (Wildman–Crippen MR) is 143 cm³/mol. The summed E-state index contributed by atoms with van der Waals surface area (Å²) in [6.07, 6.45) is 0.250. The number of benzene rings is 2. The van der Waals surface area contributed by atoms with E-state index in [0.717, 1.165) is 12.8 Å². The number of halogens is 2. The summed E-state index contributed by atoms with van der Waals surface area (Å²) in [5.41, 5.74) is 2.41. The first kappa shape index (κ1) is 46.7.